The molecule has 0 aliphatic rings. The van der Waals surface area contributed by atoms with Crippen LogP contribution in [0.1, 0.15) is 26.3 Å². The van der Waals surface area contributed by atoms with Crippen LogP contribution in [0, 0.1) is 0 Å². The summed E-state index contributed by atoms with van der Waals surface area (Å²) in [6, 6.07) is 21.0. The van der Waals surface area contributed by atoms with Crippen molar-refractivity contribution in [1.29, 1.82) is 0 Å². The Kier molecular flexibility index (Phi) is 6.47. The number of nitrogens with one attached hydrogen (secondary N) is 1. The Morgan fingerprint density at radius 1 is 0.793 bits per heavy atom. The molecule has 0 fully saturated rings. The molecule has 6 heteroatoms. The van der Waals surface area contributed by atoms with Gasteiger partial charge in [-0.3, -0.25) is 4.79 Å². The second-order valence-corrected chi connectivity index (χ2v) is 6.19. The summed E-state index contributed by atoms with van der Waals surface area (Å²) in [4.78, 5) is 24.6. The Hall–Kier alpha value is -3.80. The topological polar surface area (TPSA) is 73.9 Å². The molecule has 3 aromatic carbocycles. The molecule has 0 radical (unpaired) electrons. The van der Waals surface area contributed by atoms with E-state index in [1.165, 1.54) is 14.2 Å². The van der Waals surface area contributed by atoms with Gasteiger partial charge in [0.1, 0.15) is 18.1 Å². The molecule has 0 spiro atoms. The molecule has 0 saturated heterocycles. The number of para-hydroxylation sites is 1. The van der Waals surface area contributed by atoms with E-state index in [0.717, 1.165) is 11.3 Å². The fourth-order valence-corrected chi connectivity index (χ4v) is 2.63. The second-order valence-electron chi connectivity index (χ2n) is 6.19. The lowest BCUT2D eigenvalue weighted by molar-refractivity contribution is 0.0471. The number of amides is 1. The molecule has 0 heterocycles. The van der Waals surface area contributed by atoms with E-state index in [4.69, 9.17) is 14.2 Å². The summed E-state index contributed by atoms with van der Waals surface area (Å²) in [6.45, 7) is 0.0823. The van der Waals surface area contributed by atoms with Gasteiger partial charge in [0, 0.05) is 17.3 Å². The van der Waals surface area contributed by atoms with Gasteiger partial charge in [0.25, 0.3) is 5.91 Å². The first-order valence-electron chi connectivity index (χ1n) is 8.94. The van der Waals surface area contributed by atoms with Crippen LogP contribution in [0.25, 0.3) is 0 Å². The number of ether oxygens (including phenoxy) is 3. The predicted molar refractivity (Wildman–Crippen MR) is 110 cm³/mol. The summed E-state index contributed by atoms with van der Waals surface area (Å²) in [5.41, 5.74) is 2.34. The lowest BCUT2D eigenvalue weighted by Gasteiger charge is -2.09. The van der Waals surface area contributed by atoms with Crippen molar-refractivity contribution >= 4 is 17.6 Å². The molecule has 0 saturated carbocycles. The number of hydrogen-bond acceptors (Lipinski definition) is 5. The maximum atomic E-state index is 12.3. The molecule has 0 aliphatic carbocycles. The van der Waals surface area contributed by atoms with Crippen molar-refractivity contribution in [2.24, 2.45) is 0 Å². The van der Waals surface area contributed by atoms with E-state index in [-0.39, 0.29) is 12.5 Å². The molecular formula is C23H21NO5. The first-order valence-corrected chi connectivity index (χ1v) is 8.94. The van der Waals surface area contributed by atoms with Crippen molar-refractivity contribution in [3.63, 3.8) is 0 Å². The van der Waals surface area contributed by atoms with Crippen LogP contribution < -0.4 is 14.8 Å². The number of carbonyl (C=O) groups is 2. The Labute approximate surface area is 169 Å². The van der Waals surface area contributed by atoms with E-state index in [1.54, 1.807) is 42.5 Å². The number of anilines is 1. The molecule has 148 valence electrons. The molecule has 1 N–H and O–H groups in total. The largest absolute Gasteiger partial charge is 0.497 e. The van der Waals surface area contributed by atoms with Gasteiger partial charge < -0.3 is 19.5 Å². The summed E-state index contributed by atoms with van der Waals surface area (Å²) >= 11 is 0. The SMILES string of the molecule is COc1cc(OC)cc(C(=O)OCc2ccc(C(=O)Nc3ccccc3)cc2)c1. The fourth-order valence-electron chi connectivity index (χ4n) is 2.63. The summed E-state index contributed by atoms with van der Waals surface area (Å²) < 4.78 is 15.7. The van der Waals surface area contributed by atoms with E-state index < -0.39 is 5.97 Å². The highest BCUT2D eigenvalue weighted by Gasteiger charge is 2.12. The quantitative estimate of drug-likeness (QED) is 0.608. The second kappa shape index (κ2) is 9.41. The molecular weight excluding hydrogens is 370 g/mol. The van der Waals surface area contributed by atoms with Crippen molar-refractivity contribution in [1.82, 2.24) is 0 Å². The van der Waals surface area contributed by atoms with Crippen LogP contribution in [0.5, 0.6) is 11.5 Å². The lowest BCUT2D eigenvalue weighted by atomic mass is 10.1. The number of esters is 1. The van der Waals surface area contributed by atoms with E-state index >= 15 is 0 Å². The normalized spacial score (nSPS) is 10.1. The summed E-state index contributed by atoms with van der Waals surface area (Å²) in [5, 5.41) is 2.82. The first kappa shape index (κ1) is 19.9. The van der Waals surface area contributed by atoms with Gasteiger partial charge in [-0.2, -0.15) is 0 Å². The zero-order chi connectivity index (χ0) is 20.6. The minimum absolute atomic E-state index is 0.0823. The maximum absolute atomic E-state index is 12.3. The fraction of sp³-hybridized carbons (Fsp3) is 0.130. The zero-order valence-electron chi connectivity index (χ0n) is 16.2. The van der Waals surface area contributed by atoms with Crippen LogP contribution in [0.15, 0.2) is 72.8 Å². The average molecular weight is 391 g/mol. The minimum atomic E-state index is -0.493. The van der Waals surface area contributed by atoms with E-state index in [1.807, 2.05) is 30.3 Å². The molecule has 29 heavy (non-hydrogen) atoms. The predicted octanol–water partition coefficient (Wildman–Crippen LogP) is 4.31. The smallest absolute Gasteiger partial charge is 0.338 e. The van der Waals surface area contributed by atoms with E-state index in [9.17, 15) is 9.59 Å². The molecule has 0 aliphatic heterocycles. The highest BCUT2D eigenvalue weighted by atomic mass is 16.5. The Balaban J connectivity index is 1.60. The van der Waals surface area contributed by atoms with Gasteiger partial charge in [-0.15, -0.1) is 0 Å². The van der Waals surface area contributed by atoms with Crippen LogP contribution in [-0.2, 0) is 11.3 Å². The molecule has 3 aromatic rings. The molecule has 0 aromatic heterocycles. The van der Waals surface area contributed by atoms with Gasteiger partial charge in [-0.25, -0.2) is 4.79 Å². The van der Waals surface area contributed by atoms with Gasteiger partial charge in [0.2, 0.25) is 0 Å². The number of rotatable bonds is 7. The third kappa shape index (κ3) is 5.35. The highest BCUT2D eigenvalue weighted by molar-refractivity contribution is 6.04. The summed E-state index contributed by atoms with van der Waals surface area (Å²) in [6.07, 6.45) is 0. The van der Waals surface area contributed by atoms with Crippen LogP contribution in [-0.4, -0.2) is 26.1 Å². The molecule has 3 rings (SSSR count). The Bertz CT molecular complexity index is 962. The Morgan fingerprint density at radius 3 is 2.00 bits per heavy atom. The number of methoxy groups -OCH3 is 2. The van der Waals surface area contributed by atoms with Crippen LogP contribution in [0.3, 0.4) is 0 Å². The van der Waals surface area contributed by atoms with Crippen LogP contribution in [0.4, 0.5) is 5.69 Å². The van der Waals surface area contributed by atoms with E-state index in [0.29, 0.717) is 22.6 Å². The van der Waals surface area contributed by atoms with Gasteiger partial charge in [0.15, 0.2) is 0 Å². The monoisotopic (exact) mass is 391 g/mol. The van der Waals surface area contributed by atoms with E-state index in [2.05, 4.69) is 5.32 Å². The minimum Gasteiger partial charge on any atom is -0.497 e. The zero-order valence-corrected chi connectivity index (χ0v) is 16.2. The van der Waals surface area contributed by atoms with Crippen molar-refractivity contribution < 1.29 is 23.8 Å². The first-order chi connectivity index (χ1) is 14.1. The molecule has 1 amide bonds. The standard InChI is InChI=1S/C23H21NO5/c1-27-20-12-18(13-21(14-20)28-2)23(26)29-15-16-8-10-17(11-9-16)22(25)24-19-6-4-3-5-7-19/h3-14H,15H2,1-2H3,(H,24,25). The number of benzene rings is 3. The average Bonchev–Trinajstić information content (AvgIpc) is 2.78. The third-order valence-corrected chi connectivity index (χ3v) is 4.20. The third-order valence-electron chi connectivity index (χ3n) is 4.20. The molecule has 0 atom stereocenters. The molecule has 6 nitrogen and oxygen atoms in total. The van der Waals surface area contributed by atoms with Crippen LogP contribution in [0.2, 0.25) is 0 Å². The van der Waals surface area contributed by atoms with Gasteiger partial charge >= 0.3 is 5.97 Å². The van der Waals surface area contributed by atoms with Crippen molar-refractivity contribution in [3.8, 4) is 11.5 Å². The highest BCUT2D eigenvalue weighted by Crippen LogP contribution is 2.23. The summed E-state index contributed by atoms with van der Waals surface area (Å²) in [5.74, 6) is 0.312. The number of hydrogen-bond donors (Lipinski definition) is 1. The van der Waals surface area contributed by atoms with Gasteiger partial charge in [0.05, 0.1) is 19.8 Å². The lowest BCUT2D eigenvalue weighted by Crippen LogP contribution is -2.12. The molecule has 0 bridgehead atoms. The van der Waals surface area contributed by atoms with Gasteiger partial charge in [-0.05, 0) is 42.0 Å². The Morgan fingerprint density at radius 2 is 1.41 bits per heavy atom. The van der Waals surface area contributed by atoms with Crippen molar-refractivity contribution in [2.75, 3.05) is 19.5 Å². The van der Waals surface area contributed by atoms with Crippen molar-refractivity contribution in [3.05, 3.63) is 89.5 Å². The summed E-state index contributed by atoms with van der Waals surface area (Å²) in [7, 11) is 3.03. The van der Waals surface area contributed by atoms with Crippen molar-refractivity contribution in [2.45, 2.75) is 6.61 Å². The van der Waals surface area contributed by atoms with Crippen LogP contribution >= 0.6 is 0 Å². The molecule has 0 unspecified atom stereocenters. The number of carbonyl (C=O) groups excluding carboxylic acids is 2. The maximum Gasteiger partial charge on any atom is 0.338 e. The van der Waals surface area contributed by atoms with Gasteiger partial charge in [-0.1, -0.05) is 30.3 Å².